The SMILES string of the molecule is COc1cn(-c2ccccc2)nc1C(=O)N1CCCC(C(=O)NC2CCCCC2)C1. The van der Waals surface area contributed by atoms with Gasteiger partial charge in [-0.2, -0.15) is 5.10 Å². The van der Waals surface area contributed by atoms with Crippen LogP contribution in [-0.4, -0.2) is 52.7 Å². The van der Waals surface area contributed by atoms with Crippen molar-refractivity contribution in [1.29, 1.82) is 0 Å². The van der Waals surface area contributed by atoms with Gasteiger partial charge in [0.1, 0.15) is 0 Å². The molecule has 1 saturated heterocycles. The summed E-state index contributed by atoms with van der Waals surface area (Å²) in [4.78, 5) is 27.8. The number of aromatic nitrogens is 2. The molecule has 0 spiro atoms. The zero-order chi connectivity index (χ0) is 20.9. The number of hydrogen-bond acceptors (Lipinski definition) is 4. The molecule has 1 aromatic carbocycles. The minimum absolute atomic E-state index is 0.0844. The zero-order valence-electron chi connectivity index (χ0n) is 17.5. The lowest BCUT2D eigenvalue weighted by Crippen LogP contribution is -2.48. The van der Waals surface area contributed by atoms with E-state index in [0.717, 1.165) is 31.4 Å². The van der Waals surface area contributed by atoms with Crippen LogP contribution in [0.5, 0.6) is 5.75 Å². The maximum atomic E-state index is 13.2. The number of carbonyl (C=O) groups is 2. The predicted molar refractivity (Wildman–Crippen MR) is 114 cm³/mol. The Labute approximate surface area is 177 Å². The first kappa shape index (κ1) is 20.4. The third-order valence-electron chi connectivity index (χ3n) is 6.15. The van der Waals surface area contributed by atoms with Gasteiger partial charge in [-0.3, -0.25) is 9.59 Å². The molecule has 0 radical (unpaired) electrons. The number of nitrogens with zero attached hydrogens (tertiary/aromatic N) is 3. The lowest BCUT2D eigenvalue weighted by atomic mass is 9.93. The van der Waals surface area contributed by atoms with E-state index < -0.39 is 0 Å². The van der Waals surface area contributed by atoms with E-state index in [1.165, 1.54) is 19.3 Å². The van der Waals surface area contributed by atoms with Gasteiger partial charge in [-0.25, -0.2) is 4.68 Å². The molecule has 160 valence electrons. The van der Waals surface area contributed by atoms with Crippen molar-refractivity contribution >= 4 is 11.8 Å². The topological polar surface area (TPSA) is 76.5 Å². The van der Waals surface area contributed by atoms with Crippen molar-refractivity contribution in [3.63, 3.8) is 0 Å². The number of benzene rings is 1. The maximum Gasteiger partial charge on any atom is 0.278 e. The van der Waals surface area contributed by atoms with Crippen LogP contribution < -0.4 is 10.1 Å². The molecule has 7 heteroatoms. The molecule has 1 aliphatic heterocycles. The summed E-state index contributed by atoms with van der Waals surface area (Å²) in [5.74, 6) is 0.183. The minimum atomic E-state index is -0.184. The second-order valence-electron chi connectivity index (χ2n) is 8.26. The molecule has 2 fully saturated rings. The predicted octanol–water partition coefficient (Wildman–Crippen LogP) is 3.18. The Morgan fingerprint density at radius 1 is 1.07 bits per heavy atom. The van der Waals surface area contributed by atoms with Crippen molar-refractivity contribution in [2.75, 3.05) is 20.2 Å². The van der Waals surface area contributed by atoms with E-state index in [1.807, 2.05) is 30.3 Å². The second kappa shape index (κ2) is 9.32. The number of hydrogen-bond donors (Lipinski definition) is 1. The fourth-order valence-corrected chi connectivity index (χ4v) is 4.46. The zero-order valence-corrected chi connectivity index (χ0v) is 17.5. The first-order valence-electron chi connectivity index (χ1n) is 10.9. The molecule has 0 bridgehead atoms. The van der Waals surface area contributed by atoms with Gasteiger partial charge >= 0.3 is 0 Å². The van der Waals surface area contributed by atoms with Gasteiger partial charge < -0.3 is 15.0 Å². The molecule has 1 N–H and O–H groups in total. The smallest absolute Gasteiger partial charge is 0.278 e. The third kappa shape index (κ3) is 4.50. The molecule has 1 unspecified atom stereocenters. The minimum Gasteiger partial charge on any atom is -0.493 e. The quantitative estimate of drug-likeness (QED) is 0.821. The number of likely N-dealkylation sites (tertiary alicyclic amines) is 1. The van der Waals surface area contributed by atoms with Crippen LogP contribution in [0.1, 0.15) is 55.4 Å². The maximum absolute atomic E-state index is 13.2. The van der Waals surface area contributed by atoms with Gasteiger partial charge in [0, 0.05) is 19.1 Å². The van der Waals surface area contributed by atoms with Gasteiger partial charge in [0.25, 0.3) is 5.91 Å². The van der Waals surface area contributed by atoms with Gasteiger partial charge in [0.2, 0.25) is 5.91 Å². The van der Waals surface area contributed by atoms with Crippen molar-refractivity contribution in [1.82, 2.24) is 20.0 Å². The first-order chi connectivity index (χ1) is 14.7. The van der Waals surface area contributed by atoms with Crippen LogP contribution in [0.25, 0.3) is 5.69 Å². The molecular formula is C23H30N4O3. The number of methoxy groups -OCH3 is 1. The average Bonchev–Trinajstić information content (AvgIpc) is 3.24. The van der Waals surface area contributed by atoms with E-state index in [9.17, 15) is 9.59 Å². The molecule has 1 saturated carbocycles. The molecule has 2 aliphatic rings. The molecular weight excluding hydrogens is 380 g/mol. The van der Waals surface area contributed by atoms with Crippen LogP contribution in [0.15, 0.2) is 36.5 Å². The number of nitrogens with one attached hydrogen (secondary N) is 1. The summed E-state index contributed by atoms with van der Waals surface area (Å²) in [5, 5.41) is 7.70. The fraction of sp³-hybridized carbons (Fsp3) is 0.522. The molecule has 2 amide bonds. The Morgan fingerprint density at radius 2 is 1.83 bits per heavy atom. The molecule has 4 rings (SSSR count). The number of amides is 2. The molecule has 7 nitrogen and oxygen atoms in total. The summed E-state index contributed by atoms with van der Waals surface area (Å²) < 4.78 is 7.08. The Kier molecular flexibility index (Phi) is 6.35. The lowest BCUT2D eigenvalue weighted by Gasteiger charge is -2.33. The Bertz CT molecular complexity index is 874. The average molecular weight is 411 g/mol. The molecule has 30 heavy (non-hydrogen) atoms. The van der Waals surface area contributed by atoms with Crippen LogP contribution in [0.2, 0.25) is 0 Å². The van der Waals surface area contributed by atoms with E-state index in [2.05, 4.69) is 10.4 Å². The largest absolute Gasteiger partial charge is 0.493 e. The molecule has 1 aliphatic carbocycles. The summed E-state index contributed by atoms with van der Waals surface area (Å²) in [6.07, 6.45) is 9.11. The van der Waals surface area contributed by atoms with Crippen LogP contribution in [-0.2, 0) is 4.79 Å². The highest BCUT2D eigenvalue weighted by Gasteiger charge is 2.32. The Hall–Kier alpha value is -2.83. The van der Waals surface area contributed by atoms with Crippen LogP contribution in [0, 0.1) is 5.92 Å². The van der Waals surface area contributed by atoms with Crippen LogP contribution in [0.4, 0.5) is 0 Å². The standard InChI is InChI=1S/C23H30N4O3/c1-30-20-16-27(19-12-6-3-7-13-19)25-21(20)23(29)26-14-8-9-17(15-26)22(28)24-18-10-4-2-5-11-18/h3,6-7,12-13,16-18H,2,4-5,8-11,14-15H2,1H3,(H,24,28). The Balaban J connectivity index is 1.45. The van der Waals surface area contributed by atoms with Crippen LogP contribution >= 0.6 is 0 Å². The van der Waals surface area contributed by atoms with Crippen LogP contribution in [0.3, 0.4) is 0 Å². The highest BCUT2D eigenvalue weighted by molar-refractivity contribution is 5.95. The van der Waals surface area contributed by atoms with Gasteiger partial charge in [-0.15, -0.1) is 0 Å². The summed E-state index contributed by atoms with van der Waals surface area (Å²) in [7, 11) is 1.54. The van der Waals surface area contributed by atoms with E-state index in [0.29, 0.717) is 24.9 Å². The fourth-order valence-electron chi connectivity index (χ4n) is 4.46. The Morgan fingerprint density at radius 3 is 2.57 bits per heavy atom. The van der Waals surface area contributed by atoms with Gasteiger partial charge in [0.15, 0.2) is 11.4 Å². The molecule has 2 heterocycles. The van der Waals surface area contributed by atoms with E-state index in [4.69, 9.17) is 4.74 Å². The molecule has 1 aromatic heterocycles. The summed E-state index contributed by atoms with van der Waals surface area (Å²) in [6, 6.07) is 9.92. The highest BCUT2D eigenvalue weighted by Crippen LogP contribution is 2.25. The number of carbonyl (C=O) groups excluding carboxylic acids is 2. The normalized spacial score (nSPS) is 20.0. The number of rotatable bonds is 5. The number of piperidine rings is 1. The van der Waals surface area contributed by atoms with E-state index >= 15 is 0 Å². The van der Waals surface area contributed by atoms with E-state index in [-0.39, 0.29) is 23.4 Å². The molecule has 1 atom stereocenters. The van der Waals surface area contributed by atoms with Crippen molar-refractivity contribution in [2.24, 2.45) is 5.92 Å². The number of para-hydroxylation sites is 1. The number of ether oxygens (including phenoxy) is 1. The summed E-state index contributed by atoms with van der Waals surface area (Å²) in [5.41, 5.74) is 1.15. The van der Waals surface area contributed by atoms with Gasteiger partial charge in [0.05, 0.1) is 24.9 Å². The summed E-state index contributed by atoms with van der Waals surface area (Å²) >= 11 is 0. The first-order valence-corrected chi connectivity index (χ1v) is 10.9. The van der Waals surface area contributed by atoms with Crippen molar-refractivity contribution in [3.05, 3.63) is 42.2 Å². The van der Waals surface area contributed by atoms with Crippen molar-refractivity contribution in [2.45, 2.75) is 51.0 Å². The second-order valence-corrected chi connectivity index (χ2v) is 8.26. The van der Waals surface area contributed by atoms with Gasteiger partial charge in [-0.05, 0) is 37.8 Å². The van der Waals surface area contributed by atoms with Crippen molar-refractivity contribution in [3.8, 4) is 11.4 Å². The lowest BCUT2D eigenvalue weighted by molar-refractivity contribution is -0.127. The monoisotopic (exact) mass is 410 g/mol. The van der Waals surface area contributed by atoms with E-state index in [1.54, 1.807) is 22.9 Å². The van der Waals surface area contributed by atoms with Gasteiger partial charge in [-0.1, -0.05) is 37.5 Å². The summed E-state index contributed by atoms with van der Waals surface area (Å²) in [6.45, 7) is 1.06. The highest BCUT2D eigenvalue weighted by atomic mass is 16.5. The van der Waals surface area contributed by atoms with Crippen molar-refractivity contribution < 1.29 is 14.3 Å². The molecule has 2 aromatic rings. The third-order valence-corrected chi connectivity index (χ3v) is 6.15.